The van der Waals surface area contributed by atoms with E-state index in [0.29, 0.717) is 6.42 Å². The number of carbonyl (C=O) groups excluding carboxylic acids is 1. The lowest BCUT2D eigenvalue weighted by molar-refractivity contribution is -0.120. The van der Waals surface area contributed by atoms with Crippen LogP contribution in [-0.4, -0.2) is 33.4 Å². The Bertz CT molecular complexity index is 846. The monoisotopic (exact) mass is 436 g/mol. The standard InChI is InChI=1S/C27H36O3Si/c1-20(28)19-24-21(2)25(17-18-26(24)29-6)30-31(27(3,4)5,22-13-9-7-10-14-22)23-15-11-8-12-16-23/h7-18,21,24-26H,19H2,1-6H3. The maximum atomic E-state index is 12.0. The zero-order chi connectivity index (χ0) is 22.6. The summed E-state index contributed by atoms with van der Waals surface area (Å²) in [6.45, 7) is 10.7. The molecule has 1 aliphatic carbocycles. The van der Waals surface area contributed by atoms with Crippen molar-refractivity contribution in [2.24, 2.45) is 11.8 Å². The number of hydrogen-bond donors (Lipinski definition) is 0. The molecule has 0 spiro atoms. The molecule has 3 rings (SSSR count). The van der Waals surface area contributed by atoms with Gasteiger partial charge in [-0.25, -0.2) is 0 Å². The molecule has 0 radical (unpaired) electrons. The average molecular weight is 437 g/mol. The molecule has 0 saturated carbocycles. The second-order valence-corrected chi connectivity index (χ2v) is 14.0. The number of ether oxygens (including phenoxy) is 1. The largest absolute Gasteiger partial charge is 0.401 e. The van der Waals surface area contributed by atoms with Crippen LogP contribution < -0.4 is 10.4 Å². The Labute approximate surface area is 188 Å². The molecule has 2 aromatic rings. The van der Waals surface area contributed by atoms with Gasteiger partial charge in [0.15, 0.2) is 0 Å². The molecular weight excluding hydrogens is 400 g/mol. The molecule has 0 heterocycles. The first kappa shape index (κ1) is 23.6. The van der Waals surface area contributed by atoms with Crippen LogP contribution in [0.1, 0.15) is 41.0 Å². The van der Waals surface area contributed by atoms with Gasteiger partial charge in [0.2, 0.25) is 0 Å². The molecule has 0 amide bonds. The first-order chi connectivity index (χ1) is 14.7. The third kappa shape index (κ3) is 4.76. The van der Waals surface area contributed by atoms with Crippen LogP contribution in [0.15, 0.2) is 72.8 Å². The maximum Gasteiger partial charge on any atom is 0.261 e. The van der Waals surface area contributed by atoms with E-state index in [1.165, 1.54) is 10.4 Å². The Kier molecular flexibility index (Phi) is 7.35. The van der Waals surface area contributed by atoms with Gasteiger partial charge in [-0.3, -0.25) is 0 Å². The quantitative estimate of drug-likeness (QED) is 0.464. The van der Waals surface area contributed by atoms with Crippen molar-refractivity contribution in [3.63, 3.8) is 0 Å². The summed E-state index contributed by atoms with van der Waals surface area (Å²) in [6.07, 6.45) is 4.62. The van der Waals surface area contributed by atoms with E-state index in [4.69, 9.17) is 9.16 Å². The van der Waals surface area contributed by atoms with Crippen molar-refractivity contribution in [1.29, 1.82) is 0 Å². The molecule has 0 aromatic heterocycles. The van der Waals surface area contributed by atoms with Crippen LogP contribution in [0, 0.1) is 11.8 Å². The molecule has 31 heavy (non-hydrogen) atoms. The van der Waals surface area contributed by atoms with Crippen molar-refractivity contribution < 1.29 is 14.0 Å². The Morgan fingerprint density at radius 3 is 1.81 bits per heavy atom. The van der Waals surface area contributed by atoms with Gasteiger partial charge in [0.1, 0.15) is 5.78 Å². The minimum Gasteiger partial charge on any atom is -0.401 e. The third-order valence-electron chi connectivity index (χ3n) is 6.63. The molecule has 1 aliphatic rings. The molecule has 166 valence electrons. The highest BCUT2D eigenvalue weighted by molar-refractivity contribution is 6.99. The van der Waals surface area contributed by atoms with E-state index < -0.39 is 8.32 Å². The zero-order valence-electron chi connectivity index (χ0n) is 19.7. The molecule has 4 unspecified atom stereocenters. The number of carbonyl (C=O) groups is 1. The van der Waals surface area contributed by atoms with Crippen LogP contribution in [0.3, 0.4) is 0 Å². The highest BCUT2D eigenvalue weighted by Crippen LogP contribution is 2.41. The normalized spacial score (nSPS) is 24.2. The fourth-order valence-corrected chi connectivity index (χ4v) is 9.73. The van der Waals surface area contributed by atoms with Crippen LogP contribution in [0.2, 0.25) is 5.04 Å². The van der Waals surface area contributed by atoms with Gasteiger partial charge in [-0.05, 0) is 28.3 Å². The minimum atomic E-state index is -2.66. The van der Waals surface area contributed by atoms with Crippen molar-refractivity contribution in [3.05, 3.63) is 72.8 Å². The van der Waals surface area contributed by atoms with E-state index in [1.807, 2.05) is 0 Å². The lowest BCUT2D eigenvalue weighted by Gasteiger charge is -2.47. The Morgan fingerprint density at radius 2 is 1.39 bits per heavy atom. The minimum absolute atomic E-state index is 0.0575. The van der Waals surface area contributed by atoms with E-state index in [1.54, 1.807) is 14.0 Å². The fraction of sp³-hybridized carbons (Fsp3) is 0.444. The van der Waals surface area contributed by atoms with Crippen molar-refractivity contribution in [1.82, 2.24) is 0 Å². The number of ketones is 1. The summed E-state index contributed by atoms with van der Waals surface area (Å²) >= 11 is 0. The number of benzene rings is 2. The topological polar surface area (TPSA) is 35.5 Å². The van der Waals surface area contributed by atoms with Gasteiger partial charge in [0.05, 0.1) is 12.2 Å². The van der Waals surface area contributed by atoms with Gasteiger partial charge in [-0.2, -0.15) is 0 Å². The Hall–Kier alpha value is -2.01. The number of rotatable bonds is 7. The van der Waals surface area contributed by atoms with Crippen molar-refractivity contribution in [3.8, 4) is 0 Å². The van der Waals surface area contributed by atoms with Crippen molar-refractivity contribution in [2.75, 3.05) is 7.11 Å². The van der Waals surface area contributed by atoms with E-state index in [0.717, 1.165) is 0 Å². The maximum absolute atomic E-state index is 12.0. The summed E-state index contributed by atoms with van der Waals surface area (Å²) in [6, 6.07) is 21.4. The van der Waals surface area contributed by atoms with E-state index >= 15 is 0 Å². The summed E-state index contributed by atoms with van der Waals surface area (Å²) in [7, 11) is -0.937. The molecule has 0 bridgehead atoms. The Morgan fingerprint density at radius 1 is 0.903 bits per heavy atom. The second-order valence-electron chi connectivity index (χ2n) is 9.76. The van der Waals surface area contributed by atoms with Gasteiger partial charge < -0.3 is 14.0 Å². The lowest BCUT2D eigenvalue weighted by atomic mass is 9.78. The van der Waals surface area contributed by atoms with Crippen LogP contribution in [0.4, 0.5) is 0 Å². The second kappa shape index (κ2) is 9.64. The highest BCUT2D eigenvalue weighted by Gasteiger charge is 2.52. The average Bonchev–Trinajstić information content (AvgIpc) is 2.74. The number of hydrogen-bond acceptors (Lipinski definition) is 3. The first-order valence-electron chi connectivity index (χ1n) is 11.2. The molecule has 2 aromatic carbocycles. The summed E-state index contributed by atoms with van der Waals surface area (Å²) < 4.78 is 13.0. The van der Waals surface area contributed by atoms with Gasteiger partial charge in [-0.1, -0.05) is 101 Å². The van der Waals surface area contributed by atoms with Gasteiger partial charge in [0.25, 0.3) is 8.32 Å². The molecule has 0 aliphatic heterocycles. The van der Waals surface area contributed by atoms with Gasteiger partial charge in [-0.15, -0.1) is 0 Å². The van der Waals surface area contributed by atoms with Crippen LogP contribution in [0.5, 0.6) is 0 Å². The molecule has 0 N–H and O–H groups in total. The molecular formula is C27H36O3Si. The Balaban J connectivity index is 2.12. The van der Waals surface area contributed by atoms with Crippen LogP contribution in [-0.2, 0) is 14.0 Å². The predicted molar refractivity (Wildman–Crippen MR) is 130 cm³/mol. The van der Waals surface area contributed by atoms with E-state index in [9.17, 15) is 4.79 Å². The SMILES string of the molecule is COC1C=CC(O[Si](c2ccccc2)(c2ccccc2)C(C)(C)C)C(C)C1CC(C)=O. The highest BCUT2D eigenvalue weighted by atomic mass is 28.4. The molecule has 4 heteroatoms. The summed E-state index contributed by atoms with van der Waals surface area (Å²) in [5.41, 5.74) is 0. The summed E-state index contributed by atoms with van der Waals surface area (Å²) in [4.78, 5) is 12.0. The third-order valence-corrected chi connectivity index (χ3v) is 11.7. The predicted octanol–water partition coefficient (Wildman–Crippen LogP) is 4.75. The van der Waals surface area contributed by atoms with Gasteiger partial charge >= 0.3 is 0 Å². The van der Waals surface area contributed by atoms with Gasteiger partial charge in [0, 0.05) is 19.4 Å². The summed E-state index contributed by atoms with van der Waals surface area (Å²) in [5.74, 6) is 0.467. The fourth-order valence-electron chi connectivity index (χ4n) is 5.01. The van der Waals surface area contributed by atoms with Crippen molar-refractivity contribution >= 4 is 24.5 Å². The zero-order valence-corrected chi connectivity index (χ0v) is 20.7. The molecule has 0 fully saturated rings. The molecule has 4 atom stereocenters. The summed E-state index contributed by atoms with van der Waals surface area (Å²) in [5, 5.41) is 2.45. The number of Topliss-reactive ketones (excluding diaryl/α,β-unsaturated/α-hetero) is 1. The number of methoxy groups -OCH3 is 1. The first-order valence-corrected chi connectivity index (χ1v) is 13.1. The van der Waals surface area contributed by atoms with E-state index in [-0.39, 0.29) is 34.9 Å². The van der Waals surface area contributed by atoms with Crippen molar-refractivity contribution in [2.45, 2.75) is 58.3 Å². The van der Waals surface area contributed by atoms with E-state index in [2.05, 4.69) is 101 Å². The van der Waals surface area contributed by atoms with Crippen LogP contribution >= 0.6 is 0 Å². The smallest absolute Gasteiger partial charge is 0.261 e. The molecule has 0 saturated heterocycles. The van der Waals surface area contributed by atoms with Crippen LogP contribution in [0.25, 0.3) is 0 Å². The lowest BCUT2D eigenvalue weighted by Crippen LogP contribution is -2.68. The molecule has 3 nitrogen and oxygen atoms in total.